The molecule has 0 heterocycles. The molecule has 0 aromatic rings. The number of hydrogen-bond acceptors (Lipinski definition) is 0. The van der Waals surface area contributed by atoms with E-state index in [2.05, 4.69) is 15.3 Å². The standard InChI is InChI=1S/C6H8ClP/c7-5-3-1-2-4-6(5)8/h1-6H,8H2. The van der Waals surface area contributed by atoms with Gasteiger partial charge in [0.05, 0.1) is 5.38 Å². The van der Waals surface area contributed by atoms with Gasteiger partial charge in [-0.25, -0.2) is 0 Å². The third-order valence-electron chi connectivity index (χ3n) is 1.11. The van der Waals surface area contributed by atoms with E-state index in [1.54, 1.807) is 0 Å². The lowest BCUT2D eigenvalue weighted by atomic mass is 10.2. The van der Waals surface area contributed by atoms with Crippen molar-refractivity contribution < 1.29 is 0 Å². The van der Waals surface area contributed by atoms with E-state index >= 15 is 0 Å². The summed E-state index contributed by atoms with van der Waals surface area (Å²) in [5, 5.41) is 0.171. The number of halogens is 1. The minimum Gasteiger partial charge on any atom is -0.128 e. The Labute approximate surface area is 56.8 Å². The summed E-state index contributed by atoms with van der Waals surface area (Å²) in [6.07, 6.45) is 8.04. The van der Waals surface area contributed by atoms with Crippen LogP contribution in [0.2, 0.25) is 0 Å². The van der Waals surface area contributed by atoms with Gasteiger partial charge in [-0.3, -0.25) is 0 Å². The van der Waals surface area contributed by atoms with Gasteiger partial charge in [0.25, 0.3) is 0 Å². The first kappa shape index (κ1) is 6.32. The van der Waals surface area contributed by atoms with Crippen molar-refractivity contribution in [3.05, 3.63) is 24.3 Å². The van der Waals surface area contributed by atoms with Gasteiger partial charge in [-0.15, -0.1) is 20.8 Å². The van der Waals surface area contributed by atoms with Crippen LogP contribution in [0.25, 0.3) is 0 Å². The average molecular weight is 147 g/mol. The molecule has 0 amide bonds. The van der Waals surface area contributed by atoms with Gasteiger partial charge < -0.3 is 0 Å². The highest BCUT2D eigenvalue weighted by atomic mass is 35.5. The summed E-state index contributed by atoms with van der Waals surface area (Å²) in [6, 6.07) is 0. The molecule has 1 aliphatic rings. The predicted molar refractivity (Wildman–Crippen MR) is 41.4 cm³/mol. The summed E-state index contributed by atoms with van der Waals surface area (Å²) in [7, 11) is 2.68. The molecule has 0 radical (unpaired) electrons. The molecule has 0 spiro atoms. The zero-order chi connectivity index (χ0) is 5.98. The fourth-order valence-electron chi connectivity index (χ4n) is 0.597. The van der Waals surface area contributed by atoms with Gasteiger partial charge >= 0.3 is 0 Å². The summed E-state index contributed by atoms with van der Waals surface area (Å²) in [5.41, 5.74) is 0.418. The van der Waals surface area contributed by atoms with E-state index in [0.29, 0.717) is 5.66 Å². The van der Waals surface area contributed by atoms with E-state index < -0.39 is 0 Å². The SMILES string of the molecule is PC1C=CC=CC1Cl. The van der Waals surface area contributed by atoms with Crippen LogP contribution in [0.1, 0.15) is 0 Å². The first-order valence-electron chi connectivity index (χ1n) is 2.55. The molecule has 0 nitrogen and oxygen atoms in total. The molecule has 8 heavy (non-hydrogen) atoms. The molecule has 3 unspecified atom stereocenters. The van der Waals surface area contributed by atoms with E-state index in [1.807, 2.05) is 18.2 Å². The minimum absolute atomic E-state index is 0.171. The zero-order valence-electron chi connectivity index (χ0n) is 4.42. The summed E-state index contributed by atoms with van der Waals surface area (Å²) >= 11 is 5.81. The summed E-state index contributed by atoms with van der Waals surface area (Å²) < 4.78 is 0. The number of hydrogen-bond donors (Lipinski definition) is 0. The molecule has 3 atom stereocenters. The second-order valence-corrected chi connectivity index (χ2v) is 3.07. The molecule has 1 rings (SSSR count). The zero-order valence-corrected chi connectivity index (χ0v) is 6.33. The molecule has 1 aliphatic carbocycles. The Balaban J connectivity index is 2.59. The highest BCUT2D eigenvalue weighted by Crippen LogP contribution is 2.18. The lowest BCUT2D eigenvalue weighted by Gasteiger charge is -2.11. The van der Waals surface area contributed by atoms with E-state index in [-0.39, 0.29) is 5.38 Å². The predicted octanol–water partition coefficient (Wildman–Crippen LogP) is 1.96. The molecule has 2 heteroatoms. The number of allylic oxidation sites excluding steroid dienone is 4. The molecule has 0 bridgehead atoms. The topological polar surface area (TPSA) is 0 Å². The van der Waals surface area contributed by atoms with Crippen LogP contribution in [0.4, 0.5) is 0 Å². The van der Waals surface area contributed by atoms with E-state index in [9.17, 15) is 0 Å². The maximum atomic E-state index is 5.81. The molecule has 0 N–H and O–H groups in total. The average Bonchev–Trinajstić information content (AvgIpc) is 1.77. The smallest absolute Gasteiger partial charge is 0.0616 e. The Morgan fingerprint density at radius 2 is 1.88 bits per heavy atom. The normalized spacial score (nSPS) is 35.8. The third-order valence-corrected chi connectivity index (χ3v) is 2.42. The van der Waals surface area contributed by atoms with Crippen LogP contribution in [-0.4, -0.2) is 11.0 Å². The summed E-state index contributed by atoms with van der Waals surface area (Å²) in [6.45, 7) is 0. The molecular weight excluding hydrogens is 138 g/mol. The monoisotopic (exact) mass is 146 g/mol. The van der Waals surface area contributed by atoms with Crippen LogP contribution in [0.15, 0.2) is 24.3 Å². The molecule has 0 fully saturated rings. The van der Waals surface area contributed by atoms with Crippen LogP contribution in [0.5, 0.6) is 0 Å². The second-order valence-electron chi connectivity index (χ2n) is 1.79. The Morgan fingerprint density at radius 3 is 2.25 bits per heavy atom. The lowest BCUT2D eigenvalue weighted by Crippen LogP contribution is -2.09. The Kier molecular flexibility index (Phi) is 2.10. The van der Waals surface area contributed by atoms with Crippen molar-refractivity contribution >= 4 is 20.8 Å². The van der Waals surface area contributed by atoms with Gasteiger partial charge in [-0.1, -0.05) is 24.3 Å². The molecule has 0 aromatic heterocycles. The first-order valence-corrected chi connectivity index (χ1v) is 3.65. The lowest BCUT2D eigenvalue weighted by molar-refractivity contribution is 1.07. The van der Waals surface area contributed by atoms with Crippen molar-refractivity contribution in [3.8, 4) is 0 Å². The van der Waals surface area contributed by atoms with Gasteiger partial charge in [-0.05, 0) is 0 Å². The molecule has 0 aromatic carbocycles. The number of rotatable bonds is 0. The van der Waals surface area contributed by atoms with Gasteiger partial charge in [0.2, 0.25) is 0 Å². The Bertz CT molecular complexity index is 112. The number of alkyl halides is 1. The Morgan fingerprint density at radius 1 is 1.25 bits per heavy atom. The van der Waals surface area contributed by atoms with Crippen LogP contribution >= 0.6 is 20.8 Å². The van der Waals surface area contributed by atoms with Crippen molar-refractivity contribution in [3.63, 3.8) is 0 Å². The quantitative estimate of drug-likeness (QED) is 0.362. The second kappa shape index (κ2) is 2.66. The van der Waals surface area contributed by atoms with Crippen molar-refractivity contribution in [2.75, 3.05) is 0 Å². The molecule has 0 saturated carbocycles. The van der Waals surface area contributed by atoms with Gasteiger partial charge in [0, 0.05) is 5.66 Å². The van der Waals surface area contributed by atoms with Crippen molar-refractivity contribution in [2.45, 2.75) is 11.0 Å². The summed E-state index contributed by atoms with van der Waals surface area (Å²) in [5.74, 6) is 0. The van der Waals surface area contributed by atoms with Gasteiger partial charge in [-0.2, -0.15) is 0 Å². The van der Waals surface area contributed by atoms with Crippen LogP contribution in [-0.2, 0) is 0 Å². The highest BCUT2D eigenvalue weighted by molar-refractivity contribution is 7.18. The van der Waals surface area contributed by atoms with Crippen LogP contribution in [0, 0.1) is 0 Å². The first-order chi connectivity index (χ1) is 3.80. The van der Waals surface area contributed by atoms with E-state index in [4.69, 9.17) is 11.6 Å². The van der Waals surface area contributed by atoms with E-state index in [0.717, 1.165) is 0 Å². The van der Waals surface area contributed by atoms with Crippen LogP contribution in [0.3, 0.4) is 0 Å². The van der Waals surface area contributed by atoms with Crippen LogP contribution < -0.4 is 0 Å². The molecule has 0 saturated heterocycles. The van der Waals surface area contributed by atoms with E-state index in [1.165, 1.54) is 0 Å². The van der Waals surface area contributed by atoms with Crippen molar-refractivity contribution in [2.24, 2.45) is 0 Å². The van der Waals surface area contributed by atoms with Crippen molar-refractivity contribution in [1.82, 2.24) is 0 Å². The maximum Gasteiger partial charge on any atom is 0.0616 e. The fraction of sp³-hybridized carbons (Fsp3) is 0.333. The Hall–Kier alpha value is 0.200. The van der Waals surface area contributed by atoms with Crippen molar-refractivity contribution in [1.29, 1.82) is 0 Å². The molecule has 44 valence electrons. The van der Waals surface area contributed by atoms with Gasteiger partial charge in [0.15, 0.2) is 0 Å². The minimum atomic E-state index is 0.171. The summed E-state index contributed by atoms with van der Waals surface area (Å²) in [4.78, 5) is 0. The largest absolute Gasteiger partial charge is 0.128 e. The molecule has 0 aliphatic heterocycles. The maximum absolute atomic E-state index is 5.81. The third kappa shape index (κ3) is 1.34. The van der Waals surface area contributed by atoms with Gasteiger partial charge in [0.1, 0.15) is 0 Å². The highest BCUT2D eigenvalue weighted by Gasteiger charge is 2.08. The molecular formula is C6H8ClP. The fourth-order valence-corrected chi connectivity index (χ4v) is 1.02.